The van der Waals surface area contributed by atoms with E-state index in [0.717, 1.165) is 67.1 Å². The summed E-state index contributed by atoms with van der Waals surface area (Å²) in [7, 11) is 1.59. The number of nitrogens with one attached hydrogen (secondary N) is 1. The normalized spacial score (nSPS) is 19.9. The van der Waals surface area contributed by atoms with E-state index in [2.05, 4.69) is 10.3 Å². The second kappa shape index (κ2) is 10.5. The van der Waals surface area contributed by atoms with Crippen molar-refractivity contribution in [2.75, 3.05) is 38.7 Å². The Hall–Kier alpha value is -2.91. The van der Waals surface area contributed by atoms with Gasteiger partial charge in [-0.25, -0.2) is 14.8 Å². The summed E-state index contributed by atoms with van der Waals surface area (Å²) < 4.78 is 18.0. The molecule has 0 radical (unpaired) electrons. The summed E-state index contributed by atoms with van der Waals surface area (Å²) in [6.07, 6.45) is 11.3. The molecule has 6 rings (SSSR count). The number of nitrogens with zero attached hydrogens (tertiary/aromatic N) is 3. The van der Waals surface area contributed by atoms with Crippen molar-refractivity contribution in [2.45, 2.75) is 57.5 Å². The molecule has 1 saturated carbocycles. The minimum Gasteiger partial charge on any atom is -0.490 e. The predicted molar refractivity (Wildman–Crippen MR) is 145 cm³/mol. The molecular weight excluding hydrogens is 488 g/mol. The van der Waals surface area contributed by atoms with Gasteiger partial charge in [-0.15, -0.1) is 0 Å². The summed E-state index contributed by atoms with van der Waals surface area (Å²) in [6, 6.07) is 8.02. The minimum absolute atomic E-state index is 0.0652. The number of thiazole rings is 1. The number of rotatable bonds is 5. The van der Waals surface area contributed by atoms with Crippen LogP contribution in [0, 0.1) is 5.41 Å². The van der Waals surface area contributed by atoms with Crippen LogP contribution >= 0.6 is 11.3 Å². The first kappa shape index (κ1) is 24.4. The largest absolute Gasteiger partial charge is 0.490 e. The number of fused-ring (bicyclic) bond motifs is 1. The SMILES string of the molecule is COc1ncc(-c2ccc(OC3CCOCC3)cc2)c2sc(NC(=O)N3CCC4(CCCCC4)C3)nc12. The average molecular weight is 523 g/mol. The van der Waals surface area contributed by atoms with Crippen molar-refractivity contribution in [3.8, 4) is 22.8 Å². The van der Waals surface area contributed by atoms with Crippen LogP contribution < -0.4 is 14.8 Å². The van der Waals surface area contributed by atoms with Crippen LogP contribution in [-0.2, 0) is 4.74 Å². The molecule has 1 aliphatic carbocycles. The third-order valence-corrected chi connectivity index (χ3v) is 9.07. The molecule has 0 atom stereocenters. The number of urea groups is 1. The van der Waals surface area contributed by atoms with Gasteiger partial charge in [0.25, 0.3) is 0 Å². The van der Waals surface area contributed by atoms with E-state index in [4.69, 9.17) is 19.2 Å². The second-order valence-electron chi connectivity index (χ2n) is 10.5. The molecule has 3 fully saturated rings. The summed E-state index contributed by atoms with van der Waals surface area (Å²) in [5.41, 5.74) is 2.95. The summed E-state index contributed by atoms with van der Waals surface area (Å²) in [6.45, 7) is 3.17. The summed E-state index contributed by atoms with van der Waals surface area (Å²) in [5, 5.41) is 3.63. The highest BCUT2D eigenvalue weighted by Crippen LogP contribution is 2.44. The number of aromatic nitrogens is 2. The van der Waals surface area contributed by atoms with Crippen molar-refractivity contribution < 1.29 is 19.0 Å². The van der Waals surface area contributed by atoms with Gasteiger partial charge in [-0.1, -0.05) is 42.7 Å². The van der Waals surface area contributed by atoms with Crippen molar-refractivity contribution in [1.82, 2.24) is 14.9 Å². The molecule has 2 saturated heterocycles. The Morgan fingerprint density at radius 2 is 1.92 bits per heavy atom. The van der Waals surface area contributed by atoms with Crippen molar-refractivity contribution in [1.29, 1.82) is 0 Å². The summed E-state index contributed by atoms with van der Waals surface area (Å²) >= 11 is 1.46. The molecule has 2 aliphatic heterocycles. The Bertz CT molecular complexity index is 1250. The number of anilines is 1. The molecule has 0 unspecified atom stereocenters. The van der Waals surface area contributed by atoms with Crippen LogP contribution in [0.3, 0.4) is 0 Å². The van der Waals surface area contributed by atoms with E-state index in [0.29, 0.717) is 21.9 Å². The van der Waals surface area contributed by atoms with Crippen molar-refractivity contribution in [3.63, 3.8) is 0 Å². The lowest BCUT2D eigenvalue weighted by Crippen LogP contribution is -2.36. The van der Waals surface area contributed by atoms with Crippen LogP contribution in [0.2, 0.25) is 0 Å². The number of carbonyl (C=O) groups excluding carboxylic acids is 1. The zero-order chi connectivity index (χ0) is 25.2. The van der Waals surface area contributed by atoms with Crippen LogP contribution in [0.5, 0.6) is 11.6 Å². The van der Waals surface area contributed by atoms with Gasteiger partial charge in [0.1, 0.15) is 17.4 Å². The quantitative estimate of drug-likeness (QED) is 0.435. The fourth-order valence-corrected chi connectivity index (χ4v) is 6.97. The molecule has 0 bridgehead atoms. The Morgan fingerprint density at radius 3 is 2.68 bits per heavy atom. The molecule has 196 valence electrons. The molecule has 2 amide bonds. The van der Waals surface area contributed by atoms with E-state index < -0.39 is 0 Å². The number of likely N-dealkylation sites (tertiary alicyclic amines) is 1. The lowest BCUT2D eigenvalue weighted by Gasteiger charge is -2.33. The molecule has 1 aromatic carbocycles. The van der Waals surface area contributed by atoms with E-state index in [-0.39, 0.29) is 12.1 Å². The van der Waals surface area contributed by atoms with E-state index in [9.17, 15) is 4.79 Å². The number of benzene rings is 1. The standard InChI is InChI=1S/C28H34N4O4S/c1-34-25-23-24(22(17-29-25)19-5-7-20(8-6-19)36-21-9-15-35-16-10-21)37-26(30-23)31-27(33)32-14-13-28(18-32)11-3-2-4-12-28/h5-8,17,21H,2-4,9-16,18H2,1H3,(H,30,31,33). The number of pyridine rings is 1. The zero-order valence-corrected chi connectivity index (χ0v) is 22.1. The maximum atomic E-state index is 13.1. The Labute approximate surface area is 221 Å². The van der Waals surface area contributed by atoms with Crippen molar-refractivity contribution in [2.24, 2.45) is 5.41 Å². The highest BCUT2D eigenvalue weighted by atomic mass is 32.1. The number of amides is 2. The number of methoxy groups -OCH3 is 1. The Balaban J connectivity index is 1.20. The molecule has 8 nitrogen and oxygen atoms in total. The predicted octanol–water partition coefficient (Wildman–Crippen LogP) is 6.11. The van der Waals surface area contributed by atoms with Crippen LogP contribution in [0.15, 0.2) is 30.5 Å². The highest BCUT2D eigenvalue weighted by Gasteiger charge is 2.40. The first-order chi connectivity index (χ1) is 18.1. The molecule has 3 aromatic rings. The van der Waals surface area contributed by atoms with Gasteiger partial charge in [0.05, 0.1) is 25.0 Å². The van der Waals surface area contributed by atoms with Gasteiger partial charge in [-0.3, -0.25) is 5.32 Å². The molecule has 3 aliphatic rings. The van der Waals surface area contributed by atoms with E-state index >= 15 is 0 Å². The third kappa shape index (κ3) is 5.11. The molecule has 1 N–H and O–H groups in total. The fourth-order valence-electron chi connectivity index (χ4n) is 5.99. The van der Waals surface area contributed by atoms with Crippen molar-refractivity contribution in [3.05, 3.63) is 30.5 Å². The average Bonchev–Trinajstić information content (AvgIpc) is 3.54. The van der Waals surface area contributed by atoms with Crippen LogP contribution in [0.25, 0.3) is 21.3 Å². The smallest absolute Gasteiger partial charge is 0.323 e. The van der Waals surface area contributed by atoms with E-state index in [1.165, 1.54) is 43.4 Å². The van der Waals surface area contributed by atoms with Gasteiger partial charge >= 0.3 is 6.03 Å². The maximum absolute atomic E-state index is 13.1. The first-order valence-electron chi connectivity index (χ1n) is 13.4. The van der Waals surface area contributed by atoms with Gasteiger partial charge in [0.2, 0.25) is 5.88 Å². The number of carbonyl (C=O) groups is 1. The van der Waals surface area contributed by atoms with Crippen LogP contribution in [-0.4, -0.2) is 60.4 Å². The van der Waals surface area contributed by atoms with E-state index in [1.807, 2.05) is 35.4 Å². The Kier molecular flexibility index (Phi) is 6.90. The number of hydrogen-bond donors (Lipinski definition) is 1. The maximum Gasteiger partial charge on any atom is 0.323 e. The molecule has 4 heterocycles. The monoisotopic (exact) mass is 522 g/mol. The van der Waals surface area contributed by atoms with Gasteiger partial charge in [0.15, 0.2) is 5.13 Å². The lowest BCUT2D eigenvalue weighted by molar-refractivity contribution is 0.0256. The van der Waals surface area contributed by atoms with E-state index in [1.54, 1.807) is 7.11 Å². The lowest BCUT2D eigenvalue weighted by atomic mass is 9.73. The highest BCUT2D eigenvalue weighted by molar-refractivity contribution is 7.23. The van der Waals surface area contributed by atoms with Crippen LogP contribution in [0.4, 0.5) is 9.93 Å². The fraction of sp³-hybridized carbons (Fsp3) is 0.536. The zero-order valence-electron chi connectivity index (χ0n) is 21.3. The molecule has 9 heteroatoms. The molecule has 1 spiro atoms. The van der Waals surface area contributed by atoms with Gasteiger partial charge in [-0.05, 0) is 42.4 Å². The molecule has 37 heavy (non-hydrogen) atoms. The Morgan fingerprint density at radius 1 is 1.14 bits per heavy atom. The van der Waals surface area contributed by atoms with Gasteiger partial charge in [-0.2, -0.15) is 0 Å². The second-order valence-corrected chi connectivity index (χ2v) is 11.5. The van der Waals surface area contributed by atoms with Crippen molar-refractivity contribution >= 4 is 32.7 Å². The number of ether oxygens (including phenoxy) is 3. The molecule has 2 aromatic heterocycles. The molecular formula is C28H34N4O4S. The minimum atomic E-state index is -0.0652. The first-order valence-corrected chi connectivity index (χ1v) is 14.2. The topological polar surface area (TPSA) is 85.8 Å². The van der Waals surface area contributed by atoms with Gasteiger partial charge < -0.3 is 19.1 Å². The third-order valence-electron chi connectivity index (χ3n) is 8.07. The summed E-state index contributed by atoms with van der Waals surface area (Å²) in [4.78, 5) is 24.3. The summed E-state index contributed by atoms with van der Waals surface area (Å²) in [5.74, 6) is 1.31. The van der Waals surface area contributed by atoms with Crippen LogP contribution in [0.1, 0.15) is 51.4 Å². The number of hydrogen-bond acceptors (Lipinski definition) is 7. The van der Waals surface area contributed by atoms with Gasteiger partial charge in [0, 0.05) is 37.7 Å².